The van der Waals surface area contributed by atoms with Gasteiger partial charge in [-0.2, -0.15) is 0 Å². The van der Waals surface area contributed by atoms with E-state index in [4.69, 9.17) is 11.2 Å². The molecule has 1 atom stereocenters. The smallest absolute Gasteiger partial charge is 0.267 e. The van der Waals surface area contributed by atoms with Gasteiger partial charge in [-0.1, -0.05) is 66.6 Å². The lowest BCUT2D eigenvalue weighted by atomic mass is 9.98. The van der Waals surface area contributed by atoms with Crippen molar-refractivity contribution in [1.29, 1.82) is 0 Å². The van der Waals surface area contributed by atoms with Gasteiger partial charge >= 0.3 is 0 Å². The van der Waals surface area contributed by atoms with E-state index in [1.54, 1.807) is 36.4 Å². The molecule has 1 unspecified atom stereocenters. The van der Waals surface area contributed by atoms with Crippen molar-refractivity contribution < 1.29 is 13.2 Å². The number of ether oxygens (including phenoxy) is 1. The quantitative estimate of drug-likeness (QED) is 0.792. The lowest BCUT2D eigenvalue weighted by Crippen LogP contribution is -2.44. The number of rotatable bonds is 6. The van der Waals surface area contributed by atoms with Gasteiger partial charge in [0.1, 0.15) is 6.61 Å². The molecular formula is C21H19NO3S. The zero-order valence-corrected chi connectivity index (χ0v) is 14.9. The van der Waals surface area contributed by atoms with E-state index in [1.807, 2.05) is 42.5 Å². The van der Waals surface area contributed by atoms with Crippen LogP contribution in [-0.2, 0) is 14.8 Å². The number of para-hydroxylation sites is 1. The van der Waals surface area contributed by atoms with Crippen LogP contribution in [0.5, 0.6) is 0 Å². The Morgan fingerprint density at radius 2 is 1.73 bits per heavy atom. The molecule has 2 aromatic rings. The van der Waals surface area contributed by atoms with Crippen LogP contribution < -0.4 is 4.72 Å². The molecular weight excluding hydrogens is 346 g/mol. The Kier molecular flexibility index (Phi) is 5.27. The van der Waals surface area contributed by atoms with Crippen LogP contribution in [0.25, 0.3) is 5.57 Å². The first-order valence-electron chi connectivity index (χ1n) is 8.16. The van der Waals surface area contributed by atoms with E-state index in [-0.39, 0.29) is 13.0 Å². The van der Waals surface area contributed by atoms with Crippen LogP contribution in [0, 0.1) is 12.3 Å². The minimum Gasteiger partial charge on any atom is -0.340 e. The fourth-order valence-electron chi connectivity index (χ4n) is 2.75. The van der Waals surface area contributed by atoms with Crippen LogP contribution in [-0.4, -0.2) is 20.0 Å². The van der Waals surface area contributed by atoms with Gasteiger partial charge in [0.05, 0.1) is 0 Å². The third kappa shape index (κ3) is 3.72. The van der Waals surface area contributed by atoms with Crippen molar-refractivity contribution in [2.45, 2.75) is 11.4 Å². The van der Waals surface area contributed by atoms with Gasteiger partial charge < -0.3 is 4.74 Å². The van der Waals surface area contributed by atoms with Crippen molar-refractivity contribution in [2.75, 3.05) is 11.3 Å². The van der Waals surface area contributed by atoms with E-state index in [0.717, 1.165) is 11.1 Å². The molecule has 0 saturated heterocycles. The highest BCUT2D eigenvalue weighted by Gasteiger charge is 2.43. The van der Waals surface area contributed by atoms with Crippen LogP contribution >= 0.6 is 0 Å². The summed E-state index contributed by atoms with van der Waals surface area (Å²) in [5.74, 6) is 2.35. The van der Waals surface area contributed by atoms with E-state index in [2.05, 4.69) is 10.6 Å². The lowest BCUT2D eigenvalue weighted by molar-refractivity contribution is 0.0787. The van der Waals surface area contributed by atoms with E-state index < -0.39 is 15.0 Å². The summed E-state index contributed by atoms with van der Waals surface area (Å²) >= 11 is 0. The predicted molar refractivity (Wildman–Crippen MR) is 105 cm³/mol. The monoisotopic (exact) mass is 365 g/mol. The molecule has 4 nitrogen and oxygen atoms in total. The van der Waals surface area contributed by atoms with Crippen LogP contribution in [0.2, 0.25) is 0 Å². The van der Waals surface area contributed by atoms with Gasteiger partial charge in [-0.05, 0) is 29.3 Å². The van der Waals surface area contributed by atoms with Crippen LogP contribution in [0.4, 0.5) is 5.69 Å². The average Bonchev–Trinajstić information content (AvgIpc) is 2.68. The molecule has 0 fully saturated rings. The third-order valence-electron chi connectivity index (χ3n) is 4.11. The van der Waals surface area contributed by atoms with E-state index in [1.165, 1.54) is 0 Å². The zero-order chi connectivity index (χ0) is 18.5. The standard InChI is InChI=1S/C21H19NO3S/c1-2-17-25-21(26(23,24)22-20-11-7-4-8-12-20)15-13-19(14-16-21)18-9-5-3-6-10-18/h1,3-15,22H,16-17H2. The molecule has 1 N–H and O–H groups in total. The zero-order valence-electron chi connectivity index (χ0n) is 14.1. The van der Waals surface area contributed by atoms with Crippen molar-refractivity contribution >= 4 is 21.3 Å². The van der Waals surface area contributed by atoms with E-state index >= 15 is 0 Å². The lowest BCUT2D eigenvalue weighted by Gasteiger charge is -2.31. The highest BCUT2D eigenvalue weighted by Crippen LogP contribution is 2.34. The third-order valence-corrected chi connectivity index (χ3v) is 5.95. The van der Waals surface area contributed by atoms with Gasteiger partial charge in [-0.15, -0.1) is 6.42 Å². The van der Waals surface area contributed by atoms with Crippen molar-refractivity contribution in [1.82, 2.24) is 0 Å². The first-order valence-corrected chi connectivity index (χ1v) is 9.64. The van der Waals surface area contributed by atoms with E-state index in [9.17, 15) is 8.42 Å². The summed E-state index contributed by atoms with van der Waals surface area (Å²) in [4.78, 5) is -1.55. The Morgan fingerprint density at radius 1 is 1.08 bits per heavy atom. The second-order valence-corrected chi connectivity index (χ2v) is 7.74. The normalized spacial score (nSPS) is 19.4. The van der Waals surface area contributed by atoms with Crippen LogP contribution in [0.1, 0.15) is 12.0 Å². The molecule has 0 amide bonds. The molecule has 1 aliphatic carbocycles. The molecule has 0 aromatic heterocycles. The topological polar surface area (TPSA) is 55.4 Å². The van der Waals surface area contributed by atoms with E-state index in [0.29, 0.717) is 5.69 Å². The molecule has 0 aliphatic heterocycles. The molecule has 0 radical (unpaired) electrons. The number of sulfonamides is 1. The number of hydrogen-bond acceptors (Lipinski definition) is 3. The average molecular weight is 365 g/mol. The van der Waals surface area contributed by atoms with Crippen molar-refractivity contribution in [3.05, 3.63) is 84.5 Å². The second kappa shape index (κ2) is 7.61. The number of hydrogen-bond donors (Lipinski definition) is 1. The maximum absolute atomic E-state index is 13.0. The molecule has 0 saturated carbocycles. The maximum atomic E-state index is 13.0. The molecule has 2 aromatic carbocycles. The SMILES string of the molecule is C#CCOC1(S(=O)(=O)Nc2ccccc2)C=CC(c2ccccc2)=CC1. The summed E-state index contributed by atoms with van der Waals surface area (Å²) < 4.78 is 34.3. The Balaban J connectivity index is 1.90. The number of benzene rings is 2. The summed E-state index contributed by atoms with van der Waals surface area (Å²) in [6, 6.07) is 18.5. The van der Waals surface area contributed by atoms with Gasteiger partial charge in [0.2, 0.25) is 4.93 Å². The number of nitrogens with one attached hydrogen (secondary N) is 1. The molecule has 0 bridgehead atoms. The summed E-state index contributed by atoms with van der Waals surface area (Å²) in [5.41, 5.74) is 2.44. The number of allylic oxidation sites excluding steroid dienone is 2. The Morgan fingerprint density at radius 3 is 2.31 bits per heavy atom. The highest BCUT2D eigenvalue weighted by atomic mass is 32.2. The molecule has 0 spiro atoms. The van der Waals surface area contributed by atoms with Crippen molar-refractivity contribution in [3.8, 4) is 12.3 Å². The molecule has 0 heterocycles. The van der Waals surface area contributed by atoms with Crippen LogP contribution in [0.15, 0.2) is 78.9 Å². The highest BCUT2D eigenvalue weighted by molar-refractivity contribution is 7.94. The summed E-state index contributed by atoms with van der Waals surface area (Å²) in [7, 11) is -3.88. The number of terminal acetylenes is 1. The molecule has 5 heteroatoms. The Labute approximate surface area is 154 Å². The van der Waals surface area contributed by atoms with Crippen molar-refractivity contribution in [3.63, 3.8) is 0 Å². The fourth-order valence-corrected chi connectivity index (χ4v) is 4.13. The molecule has 26 heavy (non-hydrogen) atoms. The fraction of sp³-hybridized carbons (Fsp3) is 0.143. The first-order chi connectivity index (χ1) is 12.6. The second-order valence-electron chi connectivity index (χ2n) is 5.84. The van der Waals surface area contributed by atoms with Gasteiger partial charge in [0.15, 0.2) is 0 Å². The summed E-state index contributed by atoms with van der Waals surface area (Å²) in [5, 5.41) is 0. The van der Waals surface area contributed by atoms with Gasteiger partial charge in [0.25, 0.3) is 10.0 Å². The first kappa shape index (κ1) is 18.0. The molecule has 132 valence electrons. The van der Waals surface area contributed by atoms with Gasteiger partial charge in [-0.3, -0.25) is 4.72 Å². The summed E-state index contributed by atoms with van der Waals surface area (Å²) in [6.45, 7) is -0.103. The van der Waals surface area contributed by atoms with Gasteiger partial charge in [-0.25, -0.2) is 8.42 Å². The predicted octanol–water partition coefficient (Wildman–Crippen LogP) is 3.82. The molecule has 3 rings (SSSR count). The van der Waals surface area contributed by atoms with Crippen LogP contribution in [0.3, 0.4) is 0 Å². The largest absolute Gasteiger partial charge is 0.340 e. The summed E-state index contributed by atoms with van der Waals surface area (Å²) in [6.07, 6.45) is 10.6. The minimum absolute atomic E-state index is 0.103. The maximum Gasteiger partial charge on any atom is 0.267 e. The Hall–Kier alpha value is -2.81. The minimum atomic E-state index is -3.88. The van der Waals surface area contributed by atoms with Crippen molar-refractivity contribution in [2.24, 2.45) is 0 Å². The van der Waals surface area contributed by atoms with Gasteiger partial charge in [0, 0.05) is 12.1 Å². The molecule has 1 aliphatic rings. The number of anilines is 1. The Bertz CT molecular complexity index is 957.